The van der Waals surface area contributed by atoms with Crippen LogP contribution in [0.5, 0.6) is 0 Å². The number of likely N-dealkylation sites (N-methyl/N-ethyl adjacent to an activating group) is 1. The van der Waals surface area contributed by atoms with E-state index in [1.807, 2.05) is 18.0 Å². The lowest BCUT2D eigenvalue weighted by Gasteiger charge is -2.46. The van der Waals surface area contributed by atoms with Gasteiger partial charge < -0.3 is 10.0 Å². The quantitative estimate of drug-likeness (QED) is 0.611. The molecule has 36 heavy (non-hydrogen) atoms. The molecule has 0 atom stereocenters. The van der Waals surface area contributed by atoms with E-state index in [0.29, 0.717) is 12.1 Å². The number of aliphatic carboxylic acids is 1. The smallest absolute Gasteiger partial charge is 0.475 e. The van der Waals surface area contributed by atoms with E-state index in [2.05, 4.69) is 30.7 Å². The predicted octanol–water partition coefficient (Wildman–Crippen LogP) is 4.17. The minimum absolute atomic E-state index is 0.00766. The number of aromatic nitrogens is 2. The van der Waals surface area contributed by atoms with Crippen LogP contribution in [0, 0.1) is 5.82 Å². The third-order valence-electron chi connectivity index (χ3n) is 6.43. The minimum Gasteiger partial charge on any atom is -0.475 e. The Morgan fingerprint density at radius 3 is 2.31 bits per heavy atom. The van der Waals surface area contributed by atoms with Crippen LogP contribution in [0.4, 0.5) is 17.6 Å². The average Bonchev–Trinajstić information content (AvgIpc) is 2.78. The molecule has 1 aromatic carbocycles. The standard InChI is InChI=1S/C23H29FN4O.C2HF3O2/c1-22(2,3)21-25-13-18-19(26-21)23(15-27(4)20(18)29)8-10-28(11-9-23)14-16-6-5-7-17(24)12-16;3-2(4,5)1(6)7/h5-7,12-13H,8-11,14-15H2,1-4H3;(H,6,7). The molecule has 4 rings (SSSR count). The van der Waals surface area contributed by atoms with Crippen molar-refractivity contribution in [3.8, 4) is 0 Å². The number of halogens is 4. The van der Waals surface area contributed by atoms with Crippen molar-refractivity contribution in [2.45, 2.75) is 57.2 Å². The summed E-state index contributed by atoms with van der Waals surface area (Å²) in [6.45, 7) is 9.51. The van der Waals surface area contributed by atoms with Crippen molar-refractivity contribution in [3.63, 3.8) is 0 Å². The number of likely N-dealkylation sites (tertiary alicyclic amines) is 1. The third kappa shape index (κ3) is 6.18. The van der Waals surface area contributed by atoms with Gasteiger partial charge in [-0.15, -0.1) is 0 Å². The van der Waals surface area contributed by atoms with E-state index in [0.717, 1.165) is 49.6 Å². The summed E-state index contributed by atoms with van der Waals surface area (Å²) in [6.07, 6.45) is -1.51. The summed E-state index contributed by atoms with van der Waals surface area (Å²) < 4.78 is 45.3. The molecule has 11 heteroatoms. The fraction of sp³-hybridized carbons (Fsp3) is 0.520. The molecule has 2 aromatic rings. The summed E-state index contributed by atoms with van der Waals surface area (Å²) in [4.78, 5) is 35.3. The van der Waals surface area contributed by atoms with Gasteiger partial charge in [0.25, 0.3) is 5.91 Å². The first-order valence-electron chi connectivity index (χ1n) is 11.5. The van der Waals surface area contributed by atoms with Crippen molar-refractivity contribution < 1.29 is 32.3 Å². The van der Waals surface area contributed by atoms with E-state index in [1.54, 1.807) is 18.3 Å². The van der Waals surface area contributed by atoms with Gasteiger partial charge in [0.1, 0.15) is 11.6 Å². The van der Waals surface area contributed by atoms with E-state index in [1.165, 1.54) is 6.07 Å². The fourth-order valence-corrected chi connectivity index (χ4v) is 4.54. The number of hydrogen-bond donors (Lipinski definition) is 1. The third-order valence-corrected chi connectivity index (χ3v) is 6.43. The van der Waals surface area contributed by atoms with Crippen LogP contribution in [-0.2, 0) is 22.2 Å². The van der Waals surface area contributed by atoms with Crippen LogP contribution in [0.15, 0.2) is 30.5 Å². The van der Waals surface area contributed by atoms with Gasteiger partial charge in [-0.25, -0.2) is 19.2 Å². The number of carbonyl (C=O) groups is 2. The summed E-state index contributed by atoms with van der Waals surface area (Å²) >= 11 is 0. The number of nitrogens with zero attached hydrogens (tertiary/aromatic N) is 4. The van der Waals surface area contributed by atoms with Gasteiger partial charge in [0.2, 0.25) is 0 Å². The zero-order chi connectivity index (χ0) is 26.9. The second-order valence-corrected chi connectivity index (χ2v) is 10.4. The molecule has 1 spiro atoms. The number of carboxylic acid groups (broad SMARTS) is 1. The number of carboxylic acids is 1. The number of carbonyl (C=O) groups excluding carboxylic acids is 1. The number of fused-ring (bicyclic) bond motifs is 2. The fourth-order valence-electron chi connectivity index (χ4n) is 4.54. The van der Waals surface area contributed by atoms with Crippen LogP contribution in [0.25, 0.3) is 0 Å². The normalized spacial score (nSPS) is 17.9. The lowest BCUT2D eigenvalue weighted by molar-refractivity contribution is -0.192. The Kier molecular flexibility index (Phi) is 7.73. The van der Waals surface area contributed by atoms with Crippen LogP contribution in [0.3, 0.4) is 0 Å². The Bertz CT molecular complexity index is 1120. The molecule has 0 unspecified atom stereocenters. The van der Waals surface area contributed by atoms with Crippen molar-refractivity contribution in [3.05, 3.63) is 58.9 Å². The van der Waals surface area contributed by atoms with Crippen molar-refractivity contribution in [2.75, 3.05) is 26.7 Å². The second-order valence-electron chi connectivity index (χ2n) is 10.4. The molecular weight excluding hydrogens is 480 g/mol. The summed E-state index contributed by atoms with van der Waals surface area (Å²) in [7, 11) is 1.86. The van der Waals surface area contributed by atoms with Crippen LogP contribution in [-0.4, -0.2) is 69.6 Å². The Balaban J connectivity index is 0.000000454. The molecule has 0 aliphatic carbocycles. The highest BCUT2D eigenvalue weighted by Gasteiger charge is 2.46. The molecule has 1 aromatic heterocycles. The number of hydrogen-bond acceptors (Lipinski definition) is 5. The molecule has 3 heterocycles. The van der Waals surface area contributed by atoms with Gasteiger partial charge in [0, 0.05) is 37.2 Å². The highest BCUT2D eigenvalue weighted by Crippen LogP contribution is 2.41. The van der Waals surface area contributed by atoms with E-state index >= 15 is 0 Å². The van der Waals surface area contributed by atoms with Crippen molar-refractivity contribution >= 4 is 11.9 Å². The molecule has 7 nitrogen and oxygen atoms in total. The van der Waals surface area contributed by atoms with Gasteiger partial charge in [0.15, 0.2) is 0 Å². The van der Waals surface area contributed by atoms with E-state index in [9.17, 15) is 22.4 Å². The average molecular weight is 511 g/mol. The van der Waals surface area contributed by atoms with Gasteiger partial charge >= 0.3 is 12.1 Å². The minimum atomic E-state index is -5.08. The van der Waals surface area contributed by atoms with Gasteiger partial charge in [-0.3, -0.25) is 9.69 Å². The maximum absolute atomic E-state index is 13.5. The molecule has 1 fully saturated rings. The van der Waals surface area contributed by atoms with E-state index in [4.69, 9.17) is 14.9 Å². The maximum Gasteiger partial charge on any atom is 0.490 e. The first-order valence-corrected chi connectivity index (χ1v) is 11.5. The first-order chi connectivity index (χ1) is 16.6. The highest BCUT2D eigenvalue weighted by molar-refractivity contribution is 5.96. The number of amides is 1. The molecule has 2 aliphatic heterocycles. The van der Waals surface area contributed by atoms with Crippen LogP contribution < -0.4 is 0 Å². The predicted molar refractivity (Wildman–Crippen MR) is 124 cm³/mol. The maximum atomic E-state index is 13.5. The lowest BCUT2D eigenvalue weighted by atomic mass is 9.71. The lowest BCUT2D eigenvalue weighted by Crippen LogP contribution is -2.54. The molecule has 0 saturated carbocycles. The molecule has 0 radical (unpaired) electrons. The Morgan fingerprint density at radius 1 is 1.17 bits per heavy atom. The SMILES string of the molecule is CN1CC2(CCN(Cc3cccc(F)c3)CC2)c2nc(C(C)(C)C)ncc2C1=O.O=C(O)C(F)(F)F. The highest BCUT2D eigenvalue weighted by atomic mass is 19.4. The van der Waals surface area contributed by atoms with Gasteiger partial charge in [-0.1, -0.05) is 32.9 Å². The Hall–Kier alpha value is -3.08. The Labute approximate surface area is 207 Å². The van der Waals surface area contributed by atoms with Crippen LogP contribution >= 0.6 is 0 Å². The van der Waals surface area contributed by atoms with Crippen LogP contribution in [0.1, 0.15) is 61.1 Å². The number of alkyl halides is 3. The summed E-state index contributed by atoms with van der Waals surface area (Å²) in [5, 5.41) is 7.12. The topological polar surface area (TPSA) is 86.6 Å². The summed E-state index contributed by atoms with van der Waals surface area (Å²) in [5.41, 5.74) is 2.26. The van der Waals surface area contributed by atoms with Crippen molar-refractivity contribution in [2.24, 2.45) is 0 Å². The molecular formula is C25H30F4N4O3. The number of rotatable bonds is 2. The van der Waals surface area contributed by atoms with Gasteiger partial charge in [0.05, 0.1) is 11.3 Å². The zero-order valence-corrected chi connectivity index (χ0v) is 20.7. The van der Waals surface area contributed by atoms with Gasteiger partial charge in [-0.2, -0.15) is 13.2 Å². The van der Waals surface area contributed by atoms with Crippen molar-refractivity contribution in [1.82, 2.24) is 19.8 Å². The monoisotopic (exact) mass is 510 g/mol. The van der Waals surface area contributed by atoms with Crippen molar-refractivity contribution in [1.29, 1.82) is 0 Å². The molecule has 2 aliphatic rings. The second kappa shape index (κ2) is 10.1. The van der Waals surface area contributed by atoms with Crippen LogP contribution in [0.2, 0.25) is 0 Å². The number of benzene rings is 1. The molecule has 0 bridgehead atoms. The molecule has 1 N–H and O–H groups in total. The summed E-state index contributed by atoms with van der Waals surface area (Å²) in [5.74, 6) is -2.15. The first kappa shape index (κ1) is 27.5. The molecule has 196 valence electrons. The largest absolute Gasteiger partial charge is 0.490 e. The van der Waals surface area contributed by atoms with Gasteiger partial charge in [-0.05, 0) is 43.6 Å². The molecule has 1 saturated heterocycles. The number of piperidine rings is 1. The van der Waals surface area contributed by atoms with E-state index < -0.39 is 12.1 Å². The summed E-state index contributed by atoms with van der Waals surface area (Å²) in [6, 6.07) is 6.82. The zero-order valence-electron chi connectivity index (χ0n) is 20.7. The van der Waals surface area contributed by atoms with E-state index in [-0.39, 0.29) is 22.6 Å². The Morgan fingerprint density at radius 2 is 1.78 bits per heavy atom. The molecule has 1 amide bonds.